The van der Waals surface area contributed by atoms with Gasteiger partial charge in [-0.3, -0.25) is 4.79 Å². The zero-order valence-corrected chi connectivity index (χ0v) is 10.6. The molecule has 1 rings (SSSR count). The van der Waals surface area contributed by atoms with Crippen LogP contribution in [0.2, 0.25) is 0 Å². The molecule has 0 aliphatic carbocycles. The van der Waals surface area contributed by atoms with E-state index in [0.717, 1.165) is 6.54 Å². The van der Waals surface area contributed by atoms with Crippen LogP contribution in [0.5, 0.6) is 0 Å². The van der Waals surface area contributed by atoms with Crippen molar-refractivity contribution < 1.29 is 13.2 Å². The summed E-state index contributed by atoms with van der Waals surface area (Å²) < 4.78 is 23.9. The molecule has 1 N–H and O–H groups in total. The van der Waals surface area contributed by atoms with E-state index < -0.39 is 10.0 Å². The molecule has 16 heavy (non-hydrogen) atoms. The van der Waals surface area contributed by atoms with Crippen LogP contribution in [0.3, 0.4) is 0 Å². The summed E-state index contributed by atoms with van der Waals surface area (Å²) in [6, 6.07) is 0. The first-order valence-corrected chi connectivity index (χ1v) is 7.23. The van der Waals surface area contributed by atoms with E-state index in [1.807, 2.05) is 6.92 Å². The van der Waals surface area contributed by atoms with Gasteiger partial charge in [0.25, 0.3) is 0 Å². The third kappa shape index (κ3) is 3.73. The second-order valence-electron chi connectivity index (χ2n) is 3.82. The van der Waals surface area contributed by atoms with Gasteiger partial charge in [-0.2, -0.15) is 4.31 Å². The van der Waals surface area contributed by atoms with Crippen molar-refractivity contribution in [3.05, 3.63) is 0 Å². The van der Waals surface area contributed by atoms with Crippen LogP contribution < -0.4 is 5.32 Å². The molecule has 0 saturated carbocycles. The number of hydrogen-bond donors (Lipinski definition) is 1. The lowest BCUT2D eigenvalue weighted by molar-refractivity contribution is -0.131. The van der Waals surface area contributed by atoms with Crippen molar-refractivity contribution in [2.75, 3.05) is 45.5 Å². The fourth-order valence-corrected chi connectivity index (χ4v) is 2.44. The first-order valence-electron chi connectivity index (χ1n) is 5.38. The Labute approximate surface area is 96.6 Å². The largest absolute Gasteiger partial charge is 0.339 e. The number of hydrogen-bond acceptors (Lipinski definition) is 4. The van der Waals surface area contributed by atoms with Crippen LogP contribution in [0, 0.1) is 0 Å². The molecular weight excluding hydrogens is 230 g/mol. The van der Waals surface area contributed by atoms with Gasteiger partial charge in [0.1, 0.15) is 0 Å². The van der Waals surface area contributed by atoms with Crippen molar-refractivity contribution in [2.45, 2.75) is 6.92 Å². The molecule has 1 heterocycles. The summed E-state index contributed by atoms with van der Waals surface area (Å²) in [7, 11) is -3.11. The van der Waals surface area contributed by atoms with Crippen molar-refractivity contribution >= 4 is 15.9 Å². The molecule has 1 aliphatic heterocycles. The SMILES string of the molecule is CCNCC(=O)N1CCN(S(C)(=O)=O)CC1. The first kappa shape index (κ1) is 13.4. The Hall–Kier alpha value is -0.660. The number of carbonyl (C=O) groups excluding carboxylic acids is 1. The zero-order valence-electron chi connectivity index (χ0n) is 9.77. The second kappa shape index (κ2) is 5.60. The minimum atomic E-state index is -3.11. The Morgan fingerprint density at radius 3 is 2.25 bits per heavy atom. The minimum absolute atomic E-state index is 0.0370. The van der Waals surface area contributed by atoms with E-state index in [1.165, 1.54) is 10.6 Å². The molecule has 0 aromatic rings. The molecule has 0 atom stereocenters. The maximum absolute atomic E-state index is 11.6. The number of nitrogens with one attached hydrogen (secondary N) is 1. The summed E-state index contributed by atoms with van der Waals surface area (Å²) in [6.07, 6.45) is 1.20. The molecule has 0 aromatic carbocycles. The van der Waals surface area contributed by atoms with Gasteiger partial charge in [0, 0.05) is 26.2 Å². The third-order valence-corrected chi connectivity index (χ3v) is 3.89. The monoisotopic (exact) mass is 249 g/mol. The van der Waals surface area contributed by atoms with Crippen molar-refractivity contribution in [3.63, 3.8) is 0 Å². The standard InChI is InChI=1S/C9H19N3O3S/c1-3-10-8-9(13)11-4-6-12(7-5-11)16(2,14)15/h10H,3-8H2,1-2H3. The van der Waals surface area contributed by atoms with Gasteiger partial charge < -0.3 is 10.2 Å². The van der Waals surface area contributed by atoms with Gasteiger partial charge >= 0.3 is 0 Å². The Kier molecular flexibility index (Phi) is 4.69. The minimum Gasteiger partial charge on any atom is -0.339 e. The van der Waals surface area contributed by atoms with Gasteiger partial charge in [-0.25, -0.2) is 8.42 Å². The van der Waals surface area contributed by atoms with E-state index in [4.69, 9.17) is 0 Å². The quantitative estimate of drug-likeness (QED) is 0.672. The number of sulfonamides is 1. The van der Waals surface area contributed by atoms with Crippen LogP contribution in [0.25, 0.3) is 0 Å². The highest BCUT2D eigenvalue weighted by atomic mass is 32.2. The summed E-state index contributed by atoms with van der Waals surface area (Å²) in [5.74, 6) is 0.0370. The molecule has 1 saturated heterocycles. The normalized spacial score (nSPS) is 18.8. The summed E-state index contributed by atoms with van der Waals surface area (Å²) in [5.41, 5.74) is 0. The smallest absolute Gasteiger partial charge is 0.236 e. The lowest BCUT2D eigenvalue weighted by atomic mass is 10.3. The topological polar surface area (TPSA) is 69.7 Å². The molecule has 0 unspecified atom stereocenters. The molecule has 7 heteroatoms. The lowest BCUT2D eigenvalue weighted by Gasteiger charge is -2.33. The van der Waals surface area contributed by atoms with Crippen molar-refractivity contribution in [1.82, 2.24) is 14.5 Å². The number of carbonyl (C=O) groups is 1. The molecule has 0 radical (unpaired) electrons. The summed E-state index contributed by atoms with van der Waals surface area (Å²) in [4.78, 5) is 13.3. The number of piperazine rings is 1. The van der Waals surface area contributed by atoms with Crippen molar-refractivity contribution in [2.24, 2.45) is 0 Å². The molecule has 1 aliphatic rings. The Balaban J connectivity index is 2.40. The van der Waals surface area contributed by atoms with E-state index in [0.29, 0.717) is 32.7 Å². The molecule has 0 bridgehead atoms. The predicted octanol–water partition coefficient (Wildman–Crippen LogP) is -1.30. The Morgan fingerprint density at radius 2 is 1.81 bits per heavy atom. The van der Waals surface area contributed by atoms with Crippen LogP contribution in [0.15, 0.2) is 0 Å². The number of nitrogens with zero attached hydrogens (tertiary/aromatic N) is 2. The second-order valence-corrected chi connectivity index (χ2v) is 5.81. The van der Waals surface area contributed by atoms with Gasteiger partial charge in [-0.05, 0) is 6.54 Å². The lowest BCUT2D eigenvalue weighted by Crippen LogP contribution is -2.52. The number of rotatable bonds is 4. The highest BCUT2D eigenvalue weighted by Crippen LogP contribution is 2.05. The van der Waals surface area contributed by atoms with Crippen LogP contribution in [-0.2, 0) is 14.8 Å². The molecular formula is C9H19N3O3S. The highest BCUT2D eigenvalue weighted by molar-refractivity contribution is 7.88. The van der Waals surface area contributed by atoms with E-state index in [-0.39, 0.29) is 5.91 Å². The average Bonchev–Trinajstić information content (AvgIpc) is 2.25. The van der Waals surface area contributed by atoms with Gasteiger partial charge in [0.05, 0.1) is 12.8 Å². The van der Waals surface area contributed by atoms with Crippen LogP contribution in [-0.4, -0.2) is 69.1 Å². The highest BCUT2D eigenvalue weighted by Gasteiger charge is 2.25. The van der Waals surface area contributed by atoms with Gasteiger partial charge in [0.2, 0.25) is 15.9 Å². The fraction of sp³-hybridized carbons (Fsp3) is 0.889. The first-order chi connectivity index (χ1) is 7.45. The Morgan fingerprint density at radius 1 is 1.25 bits per heavy atom. The van der Waals surface area contributed by atoms with E-state index in [2.05, 4.69) is 5.32 Å². The summed E-state index contributed by atoms with van der Waals surface area (Å²) in [6.45, 7) is 4.79. The molecule has 94 valence electrons. The maximum Gasteiger partial charge on any atom is 0.236 e. The van der Waals surface area contributed by atoms with Gasteiger partial charge in [0.15, 0.2) is 0 Å². The van der Waals surface area contributed by atoms with E-state index >= 15 is 0 Å². The predicted molar refractivity (Wildman–Crippen MR) is 61.5 cm³/mol. The number of likely N-dealkylation sites (N-methyl/N-ethyl adjacent to an activating group) is 1. The molecule has 1 fully saturated rings. The Bertz CT molecular complexity index is 334. The van der Waals surface area contributed by atoms with Crippen LogP contribution in [0.4, 0.5) is 0 Å². The van der Waals surface area contributed by atoms with Gasteiger partial charge in [-0.1, -0.05) is 6.92 Å². The van der Waals surface area contributed by atoms with Crippen LogP contribution in [0.1, 0.15) is 6.92 Å². The third-order valence-electron chi connectivity index (χ3n) is 2.59. The van der Waals surface area contributed by atoms with Crippen molar-refractivity contribution in [3.8, 4) is 0 Å². The van der Waals surface area contributed by atoms with Crippen LogP contribution >= 0.6 is 0 Å². The molecule has 0 aromatic heterocycles. The van der Waals surface area contributed by atoms with E-state index in [9.17, 15) is 13.2 Å². The summed E-state index contributed by atoms with van der Waals surface area (Å²) >= 11 is 0. The zero-order chi connectivity index (χ0) is 12.2. The maximum atomic E-state index is 11.6. The van der Waals surface area contributed by atoms with Gasteiger partial charge in [-0.15, -0.1) is 0 Å². The molecule has 1 amide bonds. The molecule has 6 nitrogen and oxygen atoms in total. The van der Waals surface area contributed by atoms with Crippen molar-refractivity contribution in [1.29, 1.82) is 0 Å². The summed E-state index contributed by atoms with van der Waals surface area (Å²) in [5, 5.41) is 2.96. The average molecular weight is 249 g/mol. The molecule has 0 spiro atoms. The van der Waals surface area contributed by atoms with E-state index in [1.54, 1.807) is 4.90 Å². The number of amides is 1. The fourth-order valence-electron chi connectivity index (χ4n) is 1.61.